The first-order valence-corrected chi connectivity index (χ1v) is 7.54. The maximum absolute atomic E-state index is 10.3. The Bertz CT molecular complexity index is 273. The smallest absolute Gasteiger partial charge is 0.0971 e. The molecule has 2 fully saturated rings. The molecule has 2 rings (SSSR count). The summed E-state index contributed by atoms with van der Waals surface area (Å²) in [5.41, 5.74) is 0. The van der Waals surface area contributed by atoms with E-state index in [0.29, 0.717) is 5.92 Å². The molecule has 1 saturated carbocycles. The van der Waals surface area contributed by atoms with Crippen molar-refractivity contribution in [3.8, 4) is 0 Å². The van der Waals surface area contributed by atoms with Gasteiger partial charge in [-0.1, -0.05) is 13.8 Å². The molecule has 1 N–H and O–H groups in total. The Kier molecular flexibility index (Phi) is 5.23. The molecule has 2 aliphatic rings. The van der Waals surface area contributed by atoms with Crippen LogP contribution in [0.5, 0.6) is 0 Å². The van der Waals surface area contributed by atoms with E-state index in [-0.39, 0.29) is 24.4 Å². The van der Waals surface area contributed by atoms with Crippen LogP contribution < -0.4 is 0 Å². The fourth-order valence-electron chi connectivity index (χ4n) is 3.66. The summed E-state index contributed by atoms with van der Waals surface area (Å²) in [6.07, 6.45) is 3.27. The van der Waals surface area contributed by atoms with Gasteiger partial charge in [0.25, 0.3) is 0 Å². The molecule has 19 heavy (non-hydrogen) atoms. The van der Waals surface area contributed by atoms with Crippen LogP contribution in [-0.2, 0) is 9.47 Å². The lowest BCUT2D eigenvalue weighted by Gasteiger charge is -2.40. The molecule has 1 saturated heterocycles. The van der Waals surface area contributed by atoms with Crippen LogP contribution >= 0.6 is 0 Å². The van der Waals surface area contributed by atoms with Gasteiger partial charge in [-0.2, -0.15) is 0 Å². The van der Waals surface area contributed by atoms with Crippen molar-refractivity contribution in [3.05, 3.63) is 0 Å². The number of aliphatic hydroxyl groups is 1. The van der Waals surface area contributed by atoms with Crippen LogP contribution in [0.2, 0.25) is 0 Å². The second kappa shape index (κ2) is 6.53. The van der Waals surface area contributed by atoms with Gasteiger partial charge in [0.15, 0.2) is 0 Å². The van der Waals surface area contributed by atoms with Gasteiger partial charge in [0.05, 0.1) is 18.3 Å². The average molecular weight is 271 g/mol. The number of hydrogen-bond acceptors (Lipinski definition) is 4. The maximum Gasteiger partial charge on any atom is 0.0971 e. The van der Waals surface area contributed by atoms with Crippen molar-refractivity contribution in [3.63, 3.8) is 0 Å². The number of ether oxygens (including phenoxy) is 2. The van der Waals surface area contributed by atoms with Crippen molar-refractivity contribution < 1.29 is 14.6 Å². The largest absolute Gasteiger partial charge is 0.391 e. The molecule has 1 aliphatic carbocycles. The first-order valence-electron chi connectivity index (χ1n) is 7.54. The Balaban J connectivity index is 2.00. The van der Waals surface area contributed by atoms with Crippen LogP contribution in [0.3, 0.4) is 0 Å². The van der Waals surface area contributed by atoms with Gasteiger partial charge < -0.3 is 14.6 Å². The van der Waals surface area contributed by atoms with Crippen LogP contribution in [0.4, 0.5) is 0 Å². The third-order valence-electron chi connectivity index (χ3n) is 5.08. The molecular weight excluding hydrogens is 242 g/mol. The lowest BCUT2D eigenvalue weighted by Crippen LogP contribution is -2.47. The molecule has 4 nitrogen and oxygen atoms in total. The van der Waals surface area contributed by atoms with Crippen molar-refractivity contribution >= 4 is 0 Å². The summed E-state index contributed by atoms with van der Waals surface area (Å²) >= 11 is 0. The van der Waals surface area contributed by atoms with E-state index in [2.05, 4.69) is 18.7 Å². The van der Waals surface area contributed by atoms with Crippen molar-refractivity contribution in [1.82, 2.24) is 4.90 Å². The van der Waals surface area contributed by atoms with E-state index in [9.17, 15) is 5.11 Å². The zero-order chi connectivity index (χ0) is 14.0. The van der Waals surface area contributed by atoms with Gasteiger partial charge in [-0.25, -0.2) is 0 Å². The molecule has 0 aromatic heterocycles. The molecule has 0 spiro atoms. The molecule has 5 unspecified atom stereocenters. The van der Waals surface area contributed by atoms with Gasteiger partial charge in [-0.3, -0.25) is 4.90 Å². The quantitative estimate of drug-likeness (QED) is 0.842. The summed E-state index contributed by atoms with van der Waals surface area (Å²) in [5, 5.41) is 10.3. The molecule has 0 aromatic rings. The Hall–Kier alpha value is -0.160. The highest BCUT2D eigenvalue weighted by Gasteiger charge is 2.41. The molecule has 112 valence electrons. The van der Waals surface area contributed by atoms with Gasteiger partial charge in [0.1, 0.15) is 0 Å². The molecule has 0 amide bonds. The number of nitrogens with zero attached hydrogens (tertiary/aromatic N) is 1. The minimum absolute atomic E-state index is 0.136. The SMILES string of the molecule is COC1CN(C2CC(C(C)C)CCC2O)CC1OC. The first-order chi connectivity index (χ1) is 9.06. The summed E-state index contributed by atoms with van der Waals surface area (Å²) in [6.45, 7) is 6.34. The Morgan fingerprint density at radius 2 is 1.63 bits per heavy atom. The number of rotatable bonds is 4. The van der Waals surface area contributed by atoms with Crippen LogP contribution in [0.1, 0.15) is 33.1 Å². The Labute approximate surface area is 117 Å². The Morgan fingerprint density at radius 3 is 2.11 bits per heavy atom. The second-order valence-electron chi connectivity index (χ2n) is 6.45. The highest BCUT2D eigenvalue weighted by atomic mass is 16.5. The monoisotopic (exact) mass is 271 g/mol. The predicted octanol–water partition coefficient (Wildman–Crippen LogP) is 1.52. The number of methoxy groups -OCH3 is 2. The first kappa shape index (κ1) is 15.2. The lowest BCUT2D eigenvalue weighted by molar-refractivity contribution is -0.00461. The molecule has 0 radical (unpaired) electrons. The standard InChI is InChI=1S/C15H29NO3/c1-10(2)11-5-6-13(17)12(7-11)16-8-14(18-3)15(9-16)19-4/h10-15,17H,5-9H2,1-4H3. The minimum atomic E-state index is -0.192. The van der Waals surface area contributed by atoms with Crippen molar-refractivity contribution in [2.45, 2.75) is 57.5 Å². The summed E-state index contributed by atoms with van der Waals surface area (Å²) in [7, 11) is 3.49. The fourth-order valence-corrected chi connectivity index (χ4v) is 3.66. The molecule has 1 aliphatic heterocycles. The van der Waals surface area contributed by atoms with E-state index < -0.39 is 0 Å². The van der Waals surface area contributed by atoms with Gasteiger partial charge in [-0.15, -0.1) is 0 Å². The van der Waals surface area contributed by atoms with Crippen LogP contribution in [-0.4, -0.2) is 61.7 Å². The third-order valence-corrected chi connectivity index (χ3v) is 5.08. The average Bonchev–Trinajstić information content (AvgIpc) is 2.82. The molecule has 1 heterocycles. The molecule has 0 aromatic carbocycles. The van der Waals surface area contributed by atoms with Crippen molar-refractivity contribution in [2.75, 3.05) is 27.3 Å². The Morgan fingerprint density at radius 1 is 1.05 bits per heavy atom. The molecular formula is C15H29NO3. The lowest BCUT2D eigenvalue weighted by atomic mass is 9.77. The minimum Gasteiger partial charge on any atom is -0.391 e. The van der Waals surface area contributed by atoms with E-state index in [4.69, 9.17) is 9.47 Å². The third kappa shape index (κ3) is 3.30. The topological polar surface area (TPSA) is 41.9 Å². The predicted molar refractivity (Wildman–Crippen MR) is 75.1 cm³/mol. The van der Waals surface area contributed by atoms with Crippen LogP contribution in [0.15, 0.2) is 0 Å². The van der Waals surface area contributed by atoms with Gasteiger partial charge in [0.2, 0.25) is 0 Å². The fraction of sp³-hybridized carbons (Fsp3) is 1.00. The highest BCUT2D eigenvalue weighted by molar-refractivity contribution is 4.95. The maximum atomic E-state index is 10.3. The van der Waals surface area contributed by atoms with Crippen LogP contribution in [0, 0.1) is 11.8 Å². The van der Waals surface area contributed by atoms with E-state index in [1.54, 1.807) is 14.2 Å². The summed E-state index contributed by atoms with van der Waals surface area (Å²) in [6, 6.07) is 0.277. The molecule has 5 atom stereocenters. The normalized spacial score (nSPS) is 41.1. The van der Waals surface area contributed by atoms with Crippen molar-refractivity contribution in [2.24, 2.45) is 11.8 Å². The summed E-state index contributed by atoms with van der Waals surface area (Å²) in [4.78, 5) is 2.38. The number of aliphatic hydroxyl groups excluding tert-OH is 1. The van der Waals surface area contributed by atoms with E-state index in [1.165, 1.54) is 0 Å². The highest BCUT2D eigenvalue weighted by Crippen LogP contribution is 2.34. The van der Waals surface area contributed by atoms with Gasteiger partial charge >= 0.3 is 0 Å². The van der Waals surface area contributed by atoms with Gasteiger partial charge in [0, 0.05) is 33.4 Å². The van der Waals surface area contributed by atoms with E-state index >= 15 is 0 Å². The zero-order valence-electron chi connectivity index (χ0n) is 12.7. The van der Waals surface area contributed by atoms with E-state index in [0.717, 1.165) is 38.3 Å². The summed E-state index contributed by atoms with van der Waals surface area (Å²) < 4.78 is 11.0. The van der Waals surface area contributed by atoms with Gasteiger partial charge in [-0.05, 0) is 31.1 Å². The van der Waals surface area contributed by atoms with Crippen molar-refractivity contribution in [1.29, 1.82) is 0 Å². The molecule has 4 heteroatoms. The second-order valence-corrected chi connectivity index (χ2v) is 6.45. The van der Waals surface area contributed by atoms with E-state index in [1.807, 2.05) is 0 Å². The number of hydrogen-bond donors (Lipinski definition) is 1. The summed E-state index contributed by atoms with van der Waals surface area (Å²) in [5.74, 6) is 1.44. The zero-order valence-corrected chi connectivity index (χ0v) is 12.7. The molecule has 0 bridgehead atoms. The van der Waals surface area contributed by atoms with Crippen LogP contribution in [0.25, 0.3) is 0 Å². The number of likely N-dealkylation sites (tertiary alicyclic amines) is 1.